The Kier molecular flexibility index (Phi) is 5.92. The van der Waals surface area contributed by atoms with E-state index in [9.17, 15) is 9.59 Å². The van der Waals surface area contributed by atoms with Gasteiger partial charge < -0.3 is 24.5 Å². The van der Waals surface area contributed by atoms with E-state index in [0.717, 1.165) is 16.5 Å². The number of carbonyl (C=O) groups is 2. The Morgan fingerprint density at radius 3 is 2.50 bits per heavy atom. The van der Waals surface area contributed by atoms with Gasteiger partial charge in [0.15, 0.2) is 5.58 Å². The molecule has 0 aliphatic carbocycles. The number of amides is 2. The molecule has 0 atom stereocenters. The summed E-state index contributed by atoms with van der Waals surface area (Å²) in [6, 6.07) is 13.1. The lowest BCUT2D eigenvalue weighted by Gasteiger charge is -2.26. The van der Waals surface area contributed by atoms with Crippen molar-refractivity contribution in [3.63, 3.8) is 0 Å². The lowest BCUT2D eigenvalue weighted by atomic mass is 10.0. The van der Waals surface area contributed by atoms with Crippen molar-refractivity contribution in [2.24, 2.45) is 0 Å². The number of rotatable bonds is 5. The minimum atomic E-state index is -1.07. The van der Waals surface area contributed by atoms with E-state index in [2.05, 4.69) is 5.32 Å². The summed E-state index contributed by atoms with van der Waals surface area (Å²) < 4.78 is 11.1. The smallest absolute Gasteiger partial charge is 0.404 e. The van der Waals surface area contributed by atoms with E-state index in [1.165, 1.54) is 0 Å². The third kappa shape index (κ3) is 4.42. The second-order valence-corrected chi connectivity index (χ2v) is 7.46. The highest BCUT2D eigenvalue weighted by molar-refractivity contribution is 6.35. The van der Waals surface area contributed by atoms with Gasteiger partial charge in [0.05, 0.1) is 18.2 Å². The quantitative estimate of drug-likeness (QED) is 0.640. The normalized spacial score (nSPS) is 14.1. The van der Waals surface area contributed by atoms with Crippen LogP contribution in [0, 0.1) is 0 Å². The standard InChI is InChI=1S/C22H21ClN2O5/c23-19-13-16(11-17-12-18(30-20(17)19)5-6-24-22(27)28)14-1-3-15(4-2-14)21(26)25-7-9-29-10-8-25/h1-4,11-13,24H,5-10H2,(H,27,28). The van der Waals surface area contributed by atoms with Crippen LogP contribution < -0.4 is 5.32 Å². The van der Waals surface area contributed by atoms with Crippen molar-refractivity contribution in [2.45, 2.75) is 6.42 Å². The number of carboxylic acid groups (broad SMARTS) is 1. The Morgan fingerprint density at radius 2 is 1.80 bits per heavy atom. The number of nitrogens with one attached hydrogen (secondary N) is 1. The van der Waals surface area contributed by atoms with Crippen LogP contribution in [-0.2, 0) is 11.2 Å². The zero-order valence-corrected chi connectivity index (χ0v) is 16.9. The van der Waals surface area contributed by atoms with Crippen LogP contribution >= 0.6 is 11.6 Å². The largest absolute Gasteiger partial charge is 0.465 e. The van der Waals surface area contributed by atoms with Crippen LogP contribution in [0.5, 0.6) is 0 Å². The van der Waals surface area contributed by atoms with E-state index < -0.39 is 6.09 Å². The second kappa shape index (κ2) is 8.77. The molecule has 1 aromatic heterocycles. The first kappa shape index (κ1) is 20.3. The van der Waals surface area contributed by atoms with E-state index in [1.54, 1.807) is 4.90 Å². The number of halogens is 1. The molecule has 4 rings (SSSR count). The lowest BCUT2D eigenvalue weighted by molar-refractivity contribution is 0.0303. The van der Waals surface area contributed by atoms with E-state index >= 15 is 0 Å². The number of hydrogen-bond donors (Lipinski definition) is 2. The molecule has 0 bridgehead atoms. The maximum absolute atomic E-state index is 12.6. The van der Waals surface area contributed by atoms with Crippen molar-refractivity contribution in [3.8, 4) is 11.1 Å². The van der Waals surface area contributed by atoms with Crippen LogP contribution in [0.2, 0.25) is 5.02 Å². The summed E-state index contributed by atoms with van der Waals surface area (Å²) in [7, 11) is 0. The Labute approximate surface area is 178 Å². The number of hydrogen-bond acceptors (Lipinski definition) is 4. The number of morpholine rings is 1. The van der Waals surface area contributed by atoms with Crippen LogP contribution in [0.15, 0.2) is 46.9 Å². The van der Waals surface area contributed by atoms with Gasteiger partial charge in [0, 0.05) is 37.0 Å². The molecule has 0 radical (unpaired) electrons. The monoisotopic (exact) mass is 428 g/mol. The van der Waals surface area contributed by atoms with E-state index in [0.29, 0.717) is 54.7 Å². The Balaban J connectivity index is 1.53. The summed E-state index contributed by atoms with van der Waals surface area (Å²) in [6.45, 7) is 2.62. The first-order valence-corrected chi connectivity index (χ1v) is 10.1. The van der Waals surface area contributed by atoms with Gasteiger partial charge in [0.25, 0.3) is 5.91 Å². The van der Waals surface area contributed by atoms with Crippen LogP contribution in [-0.4, -0.2) is 54.9 Å². The van der Waals surface area contributed by atoms with Crippen LogP contribution in [0.25, 0.3) is 22.1 Å². The van der Waals surface area contributed by atoms with Gasteiger partial charge in [0.2, 0.25) is 0 Å². The molecule has 0 saturated carbocycles. The molecule has 2 aromatic carbocycles. The molecule has 0 unspecified atom stereocenters. The van der Waals surface area contributed by atoms with E-state index in [4.69, 9.17) is 25.9 Å². The van der Waals surface area contributed by atoms with Crippen molar-refractivity contribution in [3.05, 3.63) is 58.8 Å². The van der Waals surface area contributed by atoms with E-state index in [-0.39, 0.29) is 12.5 Å². The number of benzene rings is 2. The maximum atomic E-state index is 12.6. The van der Waals surface area contributed by atoms with Gasteiger partial charge >= 0.3 is 6.09 Å². The van der Waals surface area contributed by atoms with Gasteiger partial charge in [-0.05, 0) is 41.5 Å². The topological polar surface area (TPSA) is 92.0 Å². The highest BCUT2D eigenvalue weighted by atomic mass is 35.5. The molecule has 1 saturated heterocycles. The predicted molar refractivity (Wildman–Crippen MR) is 113 cm³/mol. The average molecular weight is 429 g/mol. The van der Waals surface area contributed by atoms with Crippen molar-refractivity contribution in [1.82, 2.24) is 10.2 Å². The third-order valence-electron chi connectivity index (χ3n) is 5.03. The fourth-order valence-corrected chi connectivity index (χ4v) is 3.77. The Morgan fingerprint density at radius 1 is 1.07 bits per heavy atom. The van der Waals surface area contributed by atoms with E-state index in [1.807, 2.05) is 42.5 Å². The van der Waals surface area contributed by atoms with Crippen LogP contribution in [0.3, 0.4) is 0 Å². The minimum absolute atomic E-state index is 0.00720. The second-order valence-electron chi connectivity index (χ2n) is 7.05. The van der Waals surface area contributed by atoms with Gasteiger partial charge in [-0.2, -0.15) is 0 Å². The van der Waals surface area contributed by atoms with Gasteiger partial charge in [-0.25, -0.2) is 4.79 Å². The van der Waals surface area contributed by atoms with Gasteiger partial charge in [-0.3, -0.25) is 4.79 Å². The lowest BCUT2D eigenvalue weighted by Crippen LogP contribution is -2.40. The van der Waals surface area contributed by atoms with Crippen LogP contribution in [0.4, 0.5) is 4.79 Å². The average Bonchev–Trinajstić information content (AvgIpc) is 3.17. The zero-order chi connectivity index (χ0) is 21.1. The zero-order valence-electron chi connectivity index (χ0n) is 16.2. The third-order valence-corrected chi connectivity index (χ3v) is 5.31. The Bertz CT molecular complexity index is 1070. The van der Waals surface area contributed by atoms with Crippen molar-refractivity contribution in [2.75, 3.05) is 32.8 Å². The first-order chi connectivity index (χ1) is 14.5. The SMILES string of the molecule is O=C(O)NCCc1cc2cc(-c3ccc(C(=O)N4CCOCC4)cc3)cc(Cl)c2o1. The molecular weight excluding hydrogens is 408 g/mol. The predicted octanol–water partition coefficient (Wildman–Crippen LogP) is 4.04. The summed E-state index contributed by atoms with van der Waals surface area (Å²) in [4.78, 5) is 25.0. The molecule has 2 amide bonds. The molecule has 2 N–H and O–H groups in total. The molecule has 1 fully saturated rings. The maximum Gasteiger partial charge on any atom is 0.404 e. The molecule has 156 valence electrons. The molecule has 7 nitrogen and oxygen atoms in total. The summed E-state index contributed by atoms with van der Waals surface area (Å²) >= 11 is 6.42. The fourth-order valence-electron chi connectivity index (χ4n) is 3.50. The summed E-state index contributed by atoms with van der Waals surface area (Å²) in [6.07, 6.45) is -0.632. The van der Waals surface area contributed by atoms with Gasteiger partial charge in [-0.1, -0.05) is 23.7 Å². The number of ether oxygens (including phenoxy) is 1. The molecule has 1 aliphatic heterocycles. The van der Waals surface area contributed by atoms with Gasteiger partial charge in [0.1, 0.15) is 5.76 Å². The molecule has 3 aromatic rings. The van der Waals surface area contributed by atoms with Crippen LogP contribution in [0.1, 0.15) is 16.1 Å². The number of furan rings is 1. The molecule has 0 spiro atoms. The van der Waals surface area contributed by atoms with Crippen molar-refractivity contribution < 1.29 is 23.8 Å². The fraction of sp³-hybridized carbons (Fsp3) is 0.273. The summed E-state index contributed by atoms with van der Waals surface area (Å²) in [5, 5.41) is 12.3. The molecular formula is C22H21ClN2O5. The van der Waals surface area contributed by atoms with Crippen molar-refractivity contribution in [1.29, 1.82) is 0 Å². The summed E-state index contributed by atoms with van der Waals surface area (Å²) in [5.74, 6) is 0.664. The van der Waals surface area contributed by atoms with Crippen molar-refractivity contribution >= 4 is 34.6 Å². The molecule has 1 aliphatic rings. The minimum Gasteiger partial charge on any atom is -0.465 e. The number of carbonyl (C=O) groups excluding carboxylic acids is 1. The molecule has 8 heteroatoms. The summed E-state index contributed by atoms with van der Waals surface area (Å²) in [5.41, 5.74) is 3.07. The Hall–Kier alpha value is -3.03. The highest BCUT2D eigenvalue weighted by Gasteiger charge is 2.18. The molecule has 2 heterocycles. The van der Waals surface area contributed by atoms with Gasteiger partial charge in [-0.15, -0.1) is 0 Å². The molecule has 30 heavy (non-hydrogen) atoms. The highest BCUT2D eigenvalue weighted by Crippen LogP contribution is 2.33. The number of nitrogens with zero attached hydrogens (tertiary/aromatic N) is 1. The first-order valence-electron chi connectivity index (χ1n) is 9.67. The number of fused-ring (bicyclic) bond motifs is 1.